The van der Waals surface area contributed by atoms with E-state index < -0.39 is 0 Å². The maximum atomic E-state index is 13.2. The molecule has 3 heterocycles. The number of aromatic nitrogens is 5. The van der Waals surface area contributed by atoms with Crippen LogP contribution in [0.3, 0.4) is 0 Å². The third-order valence-corrected chi connectivity index (χ3v) is 6.14. The number of hydrogen-bond donors (Lipinski definition) is 0. The zero-order valence-corrected chi connectivity index (χ0v) is 18.4. The van der Waals surface area contributed by atoms with Gasteiger partial charge in [-0.2, -0.15) is 4.98 Å². The highest BCUT2D eigenvalue weighted by Crippen LogP contribution is 2.31. The summed E-state index contributed by atoms with van der Waals surface area (Å²) in [7, 11) is 3.17. The summed E-state index contributed by atoms with van der Waals surface area (Å²) in [5.41, 5.74) is 4.54. The molecule has 0 N–H and O–H groups in total. The van der Waals surface area contributed by atoms with E-state index in [0.29, 0.717) is 23.5 Å². The maximum absolute atomic E-state index is 13.2. The van der Waals surface area contributed by atoms with E-state index in [1.807, 2.05) is 40.8 Å². The number of imidazole rings is 2. The normalized spacial score (nSPS) is 11.6. The predicted octanol–water partition coefficient (Wildman–Crippen LogP) is 3.16. The summed E-state index contributed by atoms with van der Waals surface area (Å²) in [5.74, 6) is 0.685. The Labute approximate surface area is 184 Å². The van der Waals surface area contributed by atoms with E-state index in [1.165, 1.54) is 17.2 Å². The topological polar surface area (TPSA) is 66.2 Å². The van der Waals surface area contributed by atoms with Gasteiger partial charge in [-0.05, 0) is 18.4 Å². The van der Waals surface area contributed by atoms with Gasteiger partial charge < -0.3 is 4.57 Å². The second kappa shape index (κ2) is 7.67. The molecule has 0 saturated heterocycles. The molecule has 0 amide bonds. The lowest BCUT2D eigenvalue weighted by Gasteiger charge is -2.11. The van der Waals surface area contributed by atoms with Crippen molar-refractivity contribution in [2.24, 2.45) is 14.1 Å². The van der Waals surface area contributed by atoms with Crippen molar-refractivity contribution in [1.82, 2.24) is 23.1 Å². The Morgan fingerprint density at radius 2 is 1.53 bits per heavy atom. The molecule has 0 bridgehead atoms. The van der Waals surface area contributed by atoms with E-state index in [4.69, 9.17) is 4.98 Å². The molecular weight excluding hydrogens is 402 g/mol. The minimum atomic E-state index is -0.375. The SMILES string of the molecule is CCc1c(-c2ccccc2)n(CCc2ccccc2)c2nc3c(c(=O)n(C)c(=O)n3C)n12. The van der Waals surface area contributed by atoms with E-state index in [1.54, 1.807) is 7.05 Å². The van der Waals surface area contributed by atoms with Crippen LogP contribution in [0.15, 0.2) is 70.3 Å². The Morgan fingerprint density at radius 3 is 2.19 bits per heavy atom. The van der Waals surface area contributed by atoms with Gasteiger partial charge in [0.15, 0.2) is 11.2 Å². The first kappa shape index (κ1) is 20.1. The minimum absolute atomic E-state index is 0.329. The minimum Gasteiger partial charge on any atom is -0.309 e. The zero-order chi connectivity index (χ0) is 22.4. The van der Waals surface area contributed by atoms with E-state index in [-0.39, 0.29) is 11.2 Å². The fourth-order valence-corrected chi connectivity index (χ4v) is 4.52. The molecule has 0 fully saturated rings. The third-order valence-electron chi connectivity index (χ3n) is 6.14. The fraction of sp³-hybridized carbons (Fsp3) is 0.240. The Bertz CT molecular complexity index is 1550. The van der Waals surface area contributed by atoms with Crippen molar-refractivity contribution in [2.45, 2.75) is 26.3 Å². The first-order valence-electron chi connectivity index (χ1n) is 10.8. The molecule has 162 valence electrons. The van der Waals surface area contributed by atoms with E-state index in [2.05, 4.69) is 35.8 Å². The van der Waals surface area contributed by atoms with Crippen LogP contribution in [0.2, 0.25) is 0 Å². The predicted molar refractivity (Wildman–Crippen MR) is 126 cm³/mol. The summed E-state index contributed by atoms with van der Waals surface area (Å²) in [6, 6.07) is 20.5. The highest BCUT2D eigenvalue weighted by Gasteiger charge is 2.25. The van der Waals surface area contributed by atoms with Gasteiger partial charge >= 0.3 is 5.69 Å². The summed E-state index contributed by atoms with van der Waals surface area (Å²) in [6.07, 6.45) is 1.55. The Hall–Kier alpha value is -3.87. The lowest BCUT2D eigenvalue weighted by atomic mass is 10.1. The molecule has 0 unspecified atom stereocenters. The maximum Gasteiger partial charge on any atom is 0.332 e. The molecule has 5 rings (SSSR count). The van der Waals surface area contributed by atoms with Crippen molar-refractivity contribution in [1.29, 1.82) is 0 Å². The van der Waals surface area contributed by atoms with Crippen LogP contribution >= 0.6 is 0 Å². The number of fused-ring (bicyclic) bond motifs is 3. The fourth-order valence-electron chi connectivity index (χ4n) is 4.52. The van der Waals surface area contributed by atoms with Crippen LogP contribution in [-0.2, 0) is 33.5 Å². The first-order chi connectivity index (χ1) is 15.5. The smallest absolute Gasteiger partial charge is 0.309 e. The van der Waals surface area contributed by atoms with Gasteiger partial charge in [-0.25, -0.2) is 4.79 Å². The van der Waals surface area contributed by atoms with Crippen molar-refractivity contribution in [3.63, 3.8) is 0 Å². The summed E-state index contributed by atoms with van der Waals surface area (Å²) >= 11 is 0. The molecule has 0 aliphatic heterocycles. The van der Waals surface area contributed by atoms with Gasteiger partial charge in [0.05, 0.1) is 11.4 Å². The molecule has 5 aromatic rings. The van der Waals surface area contributed by atoms with Gasteiger partial charge in [-0.15, -0.1) is 0 Å². The molecule has 2 aromatic carbocycles. The second-order valence-corrected chi connectivity index (χ2v) is 8.03. The van der Waals surface area contributed by atoms with Gasteiger partial charge in [-0.3, -0.25) is 18.3 Å². The monoisotopic (exact) mass is 427 g/mol. The van der Waals surface area contributed by atoms with E-state index in [9.17, 15) is 9.59 Å². The van der Waals surface area contributed by atoms with Gasteiger partial charge in [0.1, 0.15) is 0 Å². The van der Waals surface area contributed by atoms with Gasteiger partial charge in [-0.1, -0.05) is 67.6 Å². The highest BCUT2D eigenvalue weighted by atomic mass is 16.2. The molecule has 0 aliphatic rings. The molecule has 0 atom stereocenters. The quantitative estimate of drug-likeness (QED) is 0.433. The average Bonchev–Trinajstić information content (AvgIpc) is 3.36. The lowest BCUT2D eigenvalue weighted by molar-refractivity contribution is 0.705. The van der Waals surface area contributed by atoms with Crippen molar-refractivity contribution in [2.75, 3.05) is 0 Å². The first-order valence-corrected chi connectivity index (χ1v) is 10.8. The summed E-state index contributed by atoms with van der Waals surface area (Å²) in [6.45, 7) is 2.79. The second-order valence-electron chi connectivity index (χ2n) is 8.03. The molecule has 0 spiro atoms. The molecule has 0 aliphatic carbocycles. The van der Waals surface area contributed by atoms with E-state index >= 15 is 0 Å². The van der Waals surface area contributed by atoms with E-state index in [0.717, 1.165) is 34.4 Å². The third kappa shape index (κ3) is 2.92. The summed E-state index contributed by atoms with van der Waals surface area (Å²) < 4.78 is 6.74. The van der Waals surface area contributed by atoms with Crippen LogP contribution in [0, 0.1) is 0 Å². The Morgan fingerprint density at radius 1 is 0.875 bits per heavy atom. The summed E-state index contributed by atoms with van der Waals surface area (Å²) in [4.78, 5) is 30.5. The molecule has 7 nitrogen and oxygen atoms in total. The standard InChI is InChI=1S/C25H25N5O2/c1-4-19-20(18-13-9-6-10-14-18)29(16-15-17-11-7-5-8-12-17)24-26-22-21(30(19)24)23(31)28(3)25(32)27(22)2/h5-14H,4,15-16H2,1-3H3. The van der Waals surface area contributed by atoms with Crippen LogP contribution < -0.4 is 11.2 Å². The largest absolute Gasteiger partial charge is 0.332 e. The van der Waals surface area contributed by atoms with Crippen LogP contribution in [0.5, 0.6) is 0 Å². The molecule has 0 saturated carbocycles. The number of rotatable bonds is 5. The number of benzene rings is 2. The number of nitrogens with zero attached hydrogens (tertiary/aromatic N) is 5. The Kier molecular flexibility index (Phi) is 4.81. The van der Waals surface area contributed by atoms with Crippen molar-refractivity contribution in [3.8, 4) is 11.3 Å². The Balaban J connectivity index is 1.86. The molecule has 0 radical (unpaired) electrons. The number of hydrogen-bond acceptors (Lipinski definition) is 3. The van der Waals surface area contributed by atoms with Gasteiger partial charge in [0, 0.05) is 26.2 Å². The molecule has 3 aromatic heterocycles. The zero-order valence-electron chi connectivity index (χ0n) is 18.4. The van der Waals surface area contributed by atoms with Crippen LogP contribution in [-0.4, -0.2) is 23.1 Å². The lowest BCUT2D eigenvalue weighted by Crippen LogP contribution is -2.37. The molecule has 32 heavy (non-hydrogen) atoms. The van der Waals surface area contributed by atoms with Crippen molar-refractivity contribution >= 4 is 16.9 Å². The number of aryl methyl sites for hydroxylation is 4. The average molecular weight is 428 g/mol. The van der Waals surface area contributed by atoms with Crippen molar-refractivity contribution in [3.05, 3.63) is 92.8 Å². The van der Waals surface area contributed by atoms with Crippen LogP contribution in [0.25, 0.3) is 28.2 Å². The molecular formula is C25H25N5O2. The molecule has 7 heteroatoms. The van der Waals surface area contributed by atoms with Crippen molar-refractivity contribution < 1.29 is 0 Å². The van der Waals surface area contributed by atoms with Gasteiger partial charge in [0.2, 0.25) is 5.78 Å². The highest BCUT2D eigenvalue weighted by molar-refractivity contribution is 5.80. The van der Waals surface area contributed by atoms with Crippen LogP contribution in [0.1, 0.15) is 18.2 Å². The summed E-state index contributed by atoms with van der Waals surface area (Å²) in [5, 5.41) is 0. The van der Waals surface area contributed by atoms with Gasteiger partial charge in [0.25, 0.3) is 5.56 Å². The van der Waals surface area contributed by atoms with Crippen LogP contribution in [0.4, 0.5) is 0 Å².